The van der Waals surface area contributed by atoms with Crippen molar-refractivity contribution in [3.05, 3.63) is 134 Å². The van der Waals surface area contributed by atoms with Crippen molar-refractivity contribution < 1.29 is 49.0 Å². The Morgan fingerprint density at radius 1 is 0.729 bits per heavy atom. The monoisotopic (exact) mass is 752 g/mol. The Balaban J connectivity index is 0.000000396. The van der Waals surface area contributed by atoms with Gasteiger partial charge in [0.15, 0.2) is 0 Å². The Morgan fingerprint density at radius 2 is 1.23 bits per heavy atom. The third-order valence-corrected chi connectivity index (χ3v) is 8.79. The Hall–Kier alpha value is -2.44. The summed E-state index contributed by atoms with van der Waals surface area (Å²) in [5, 5.41) is 0. The molecule has 0 unspecified atom stereocenters. The minimum Gasteiger partial charge on any atom is -1.00 e. The van der Waals surface area contributed by atoms with Crippen LogP contribution in [0.4, 0.5) is 0 Å². The molecule has 0 aliphatic heterocycles. The Morgan fingerprint density at radius 3 is 1.69 bits per heavy atom. The molecule has 48 heavy (non-hydrogen) atoms. The van der Waals surface area contributed by atoms with Crippen LogP contribution in [0.5, 0.6) is 0 Å². The van der Waals surface area contributed by atoms with Crippen molar-refractivity contribution in [2.45, 2.75) is 101 Å². The van der Waals surface area contributed by atoms with Crippen LogP contribution < -0.4 is 24.8 Å². The second-order valence-electron chi connectivity index (χ2n) is 14.5. The smallest absolute Gasteiger partial charge is 0.0125 e. The molecule has 0 bridgehead atoms. The van der Waals surface area contributed by atoms with Gasteiger partial charge < -0.3 is 24.8 Å². The summed E-state index contributed by atoms with van der Waals surface area (Å²) < 4.78 is 1.51. The first kappa shape index (κ1) is 41.7. The van der Waals surface area contributed by atoms with Crippen molar-refractivity contribution in [2.24, 2.45) is 0 Å². The van der Waals surface area contributed by atoms with Gasteiger partial charge in [-0.05, 0) is 75.8 Å². The molecule has 0 nitrogen and oxygen atoms in total. The summed E-state index contributed by atoms with van der Waals surface area (Å²) >= 11 is 1.55. The minimum atomic E-state index is 0. The fourth-order valence-electron chi connectivity index (χ4n) is 6.84. The number of hydrogen-bond donors (Lipinski definition) is 0. The first-order valence-electron chi connectivity index (χ1n) is 16.7. The third-order valence-electron chi connectivity index (χ3n) is 8.79. The molecule has 0 fully saturated rings. The van der Waals surface area contributed by atoms with Crippen LogP contribution in [-0.2, 0) is 42.5 Å². The van der Waals surface area contributed by atoms with Crippen molar-refractivity contribution in [3.8, 4) is 33.4 Å². The Labute approximate surface area is 319 Å². The first-order valence-corrected chi connectivity index (χ1v) is 17.9. The van der Waals surface area contributed by atoms with Gasteiger partial charge in [0, 0.05) is 0 Å². The maximum absolute atomic E-state index is 3.78. The molecule has 1 aliphatic carbocycles. The second kappa shape index (κ2) is 17.5. The summed E-state index contributed by atoms with van der Waals surface area (Å²) in [6, 6.07) is 31.2. The molecular formula is C45H52Cl2Zr-2. The molecule has 1 aliphatic rings. The van der Waals surface area contributed by atoms with Crippen LogP contribution in [0.3, 0.4) is 0 Å². The summed E-state index contributed by atoms with van der Waals surface area (Å²) in [6.07, 6.45) is 2.11. The molecular weight excluding hydrogens is 703 g/mol. The van der Waals surface area contributed by atoms with Gasteiger partial charge >= 0.3 is 41.3 Å². The van der Waals surface area contributed by atoms with E-state index in [1.807, 2.05) is 0 Å². The average molecular weight is 755 g/mol. The molecule has 0 atom stereocenters. The Kier molecular flexibility index (Phi) is 15.2. The van der Waals surface area contributed by atoms with Crippen LogP contribution in [0, 0.1) is 47.6 Å². The van der Waals surface area contributed by atoms with Gasteiger partial charge in [0.25, 0.3) is 0 Å². The van der Waals surface area contributed by atoms with Crippen molar-refractivity contribution in [2.75, 3.05) is 0 Å². The SMILES string of the molecule is CCc1cc(C(C)(C)C)c[cH-]1.C[C](C)=[Zr+2].Cc1cc(C)c(-c2[c-]c3c(cc2)-c2ccc(-c4c(C)cc(C)cc4C)cc2C3)c(C)c1.[Cl-].[Cl-]. The van der Waals surface area contributed by atoms with E-state index in [2.05, 4.69) is 162 Å². The van der Waals surface area contributed by atoms with Crippen LogP contribution in [0.1, 0.15) is 97.2 Å². The van der Waals surface area contributed by atoms with E-state index in [4.69, 9.17) is 0 Å². The van der Waals surface area contributed by atoms with Crippen LogP contribution in [0.15, 0.2) is 72.8 Å². The van der Waals surface area contributed by atoms with Gasteiger partial charge in [0.05, 0.1) is 0 Å². The fraction of sp³-hybridized carbons (Fsp3) is 0.333. The molecule has 0 heterocycles. The summed E-state index contributed by atoms with van der Waals surface area (Å²) in [5.41, 5.74) is 21.9. The largest absolute Gasteiger partial charge is 1.00 e. The maximum atomic E-state index is 3.78. The molecule has 5 aromatic carbocycles. The maximum Gasteiger partial charge on any atom is -0.0125 e. The molecule has 0 spiro atoms. The van der Waals surface area contributed by atoms with Crippen molar-refractivity contribution in [3.63, 3.8) is 0 Å². The molecule has 0 saturated heterocycles. The van der Waals surface area contributed by atoms with E-state index >= 15 is 0 Å². The zero-order valence-electron chi connectivity index (χ0n) is 31.1. The number of benzene rings is 4. The standard InChI is InChI=1S/C31H29.C11H17.C3H6.2ClH.Zr/c1-18-11-20(3)30(21(4)12-18)24-7-9-28-26(15-24)17-27-16-25(8-10-29(27)28)31-22(5)13-19(2)14-23(31)6;1-5-9-6-7-10(8-9)11(2,3)4;1-3-2;;;/h7-15H,17H2,1-6H3;6-8H,5H2,1-4H3;1-2H3;2*1H;/q2*-1;;;;+2/p-2. The van der Waals surface area contributed by atoms with E-state index in [0.717, 1.165) is 12.8 Å². The number of aryl methyl sites for hydroxylation is 7. The van der Waals surface area contributed by atoms with Gasteiger partial charge in [-0.15, -0.1) is 29.3 Å². The topological polar surface area (TPSA) is 0 Å². The summed E-state index contributed by atoms with van der Waals surface area (Å²) in [5.74, 6) is 0. The predicted octanol–water partition coefficient (Wildman–Crippen LogP) is 6.26. The molecule has 0 radical (unpaired) electrons. The first-order chi connectivity index (χ1) is 21.6. The number of fused-ring (bicyclic) bond motifs is 3. The molecule has 6 rings (SSSR count). The normalized spacial score (nSPS) is 11.1. The van der Waals surface area contributed by atoms with Gasteiger partial charge in [-0.2, -0.15) is 23.3 Å². The second-order valence-corrected chi connectivity index (χ2v) is 16.9. The van der Waals surface area contributed by atoms with Gasteiger partial charge in [0.2, 0.25) is 0 Å². The van der Waals surface area contributed by atoms with E-state index in [1.165, 1.54) is 92.2 Å². The van der Waals surface area contributed by atoms with Crippen molar-refractivity contribution in [1.82, 2.24) is 0 Å². The molecule has 0 N–H and O–H groups in total. The van der Waals surface area contributed by atoms with E-state index < -0.39 is 0 Å². The van der Waals surface area contributed by atoms with Gasteiger partial charge in [0.1, 0.15) is 0 Å². The van der Waals surface area contributed by atoms with Crippen LogP contribution in [0.2, 0.25) is 0 Å². The minimum absolute atomic E-state index is 0. The Bertz CT molecular complexity index is 1720. The van der Waals surface area contributed by atoms with E-state index in [1.54, 1.807) is 24.2 Å². The predicted molar refractivity (Wildman–Crippen MR) is 199 cm³/mol. The summed E-state index contributed by atoms with van der Waals surface area (Å²) in [4.78, 5) is 0. The third kappa shape index (κ3) is 10.1. The van der Waals surface area contributed by atoms with E-state index in [0.29, 0.717) is 5.41 Å². The van der Waals surface area contributed by atoms with Gasteiger partial charge in [-0.25, -0.2) is 6.07 Å². The summed E-state index contributed by atoms with van der Waals surface area (Å²) in [6.45, 7) is 26.4. The summed E-state index contributed by atoms with van der Waals surface area (Å²) in [7, 11) is 0. The molecule has 252 valence electrons. The van der Waals surface area contributed by atoms with Crippen molar-refractivity contribution in [1.29, 1.82) is 0 Å². The zero-order chi connectivity index (χ0) is 33.9. The fourth-order valence-corrected chi connectivity index (χ4v) is 6.84. The number of rotatable bonds is 3. The molecule has 0 aromatic heterocycles. The zero-order valence-corrected chi connectivity index (χ0v) is 35.1. The molecule has 0 amide bonds. The van der Waals surface area contributed by atoms with Crippen LogP contribution in [0.25, 0.3) is 33.4 Å². The average Bonchev–Trinajstić information content (AvgIpc) is 3.56. The quantitative estimate of drug-likeness (QED) is 0.187. The van der Waals surface area contributed by atoms with Crippen molar-refractivity contribution >= 4 is 3.21 Å². The van der Waals surface area contributed by atoms with E-state index in [-0.39, 0.29) is 24.8 Å². The number of halogens is 2. The number of hydrogen-bond acceptors (Lipinski definition) is 0. The van der Waals surface area contributed by atoms with Crippen LogP contribution in [-0.4, -0.2) is 3.21 Å². The van der Waals surface area contributed by atoms with E-state index in [9.17, 15) is 0 Å². The van der Waals surface area contributed by atoms with Crippen LogP contribution >= 0.6 is 0 Å². The van der Waals surface area contributed by atoms with Gasteiger partial charge in [-0.1, -0.05) is 121 Å². The molecule has 0 saturated carbocycles. The van der Waals surface area contributed by atoms with Gasteiger partial charge in [-0.3, -0.25) is 0 Å². The molecule has 5 aromatic rings. The molecule has 3 heteroatoms.